The number of para-hydroxylation sites is 1. The second-order valence-corrected chi connectivity index (χ2v) is 10.1. The number of nitrogens with one attached hydrogen (secondary N) is 2. The van der Waals surface area contributed by atoms with Gasteiger partial charge in [0.05, 0.1) is 16.9 Å². The van der Waals surface area contributed by atoms with Gasteiger partial charge >= 0.3 is 0 Å². The Bertz CT molecular complexity index is 1600. The summed E-state index contributed by atoms with van der Waals surface area (Å²) < 4.78 is 10.9. The Morgan fingerprint density at radius 2 is 1.69 bits per heavy atom. The number of hydrogen-bond donors (Lipinski definition) is 2. The molecule has 0 aliphatic carbocycles. The molecule has 1 aliphatic rings. The minimum atomic E-state index is -0.598. The monoisotopic (exact) mass is 590 g/mol. The van der Waals surface area contributed by atoms with Gasteiger partial charge in [0.2, 0.25) is 5.91 Å². The fourth-order valence-corrected chi connectivity index (χ4v) is 4.89. The highest BCUT2D eigenvalue weighted by molar-refractivity contribution is 8.18. The van der Waals surface area contributed by atoms with E-state index in [1.807, 2.05) is 32.0 Å². The molecule has 42 heavy (non-hydrogen) atoms. The number of benzene rings is 3. The lowest BCUT2D eigenvalue weighted by Gasteiger charge is -2.15. The molecule has 1 fully saturated rings. The highest BCUT2D eigenvalue weighted by atomic mass is 32.2. The van der Waals surface area contributed by atoms with Gasteiger partial charge < -0.3 is 20.1 Å². The molecule has 3 aromatic rings. The molecule has 13 heteroatoms. The van der Waals surface area contributed by atoms with E-state index in [4.69, 9.17) is 9.47 Å². The van der Waals surface area contributed by atoms with Crippen LogP contribution in [0.1, 0.15) is 16.7 Å². The molecule has 0 aromatic heterocycles. The summed E-state index contributed by atoms with van der Waals surface area (Å²) in [5.41, 5.74) is 2.97. The molecule has 0 saturated carbocycles. The Hall–Kier alpha value is -5.17. The van der Waals surface area contributed by atoms with Crippen LogP contribution < -0.4 is 20.1 Å². The van der Waals surface area contributed by atoms with Crippen molar-refractivity contribution in [3.8, 4) is 11.5 Å². The number of hydrogen-bond acceptors (Lipinski definition) is 9. The second kappa shape index (κ2) is 13.0. The van der Waals surface area contributed by atoms with E-state index < -0.39 is 41.0 Å². The Balaban J connectivity index is 1.39. The predicted molar refractivity (Wildman–Crippen MR) is 157 cm³/mol. The highest BCUT2D eigenvalue weighted by Gasteiger charge is 2.36. The van der Waals surface area contributed by atoms with Gasteiger partial charge in [-0.1, -0.05) is 30.3 Å². The molecular weight excluding hydrogens is 564 g/mol. The lowest BCUT2D eigenvalue weighted by atomic mass is 10.1. The molecule has 12 nitrogen and oxygen atoms in total. The van der Waals surface area contributed by atoms with Gasteiger partial charge in [-0.15, -0.1) is 0 Å². The molecule has 4 amide bonds. The maximum atomic E-state index is 12.9. The van der Waals surface area contributed by atoms with E-state index in [1.54, 1.807) is 12.1 Å². The normalized spacial score (nSPS) is 13.7. The van der Waals surface area contributed by atoms with Gasteiger partial charge in [-0.3, -0.25) is 34.2 Å². The molecule has 1 saturated heterocycles. The van der Waals surface area contributed by atoms with Crippen LogP contribution in [0.4, 0.5) is 21.9 Å². The summed E-state index contributed by atoms with van der Waals surface area (Å²) in [7, 11) is 1.40. The number of methoxy groups -OCH3 is 1. The number of ether oxygens (including phenoxy) is 2. The number of non-ortho nitro benzene ring substituents is 1. The zero-order valence-electron chi connectivity index (χ0n) is 22.8. The second-order valence-electron chi connectivity index (χ2n) is 9.14. The summed E-state index contributed by atoms with van der Waals surface area (Å²) in [4.78, 5) is 61.8. The van der Waals surface area contributed by atoms with Crippen molar-refractivity contribution in [1.29, 1.82) is 0 Å². The summed E-state index contributed by atoms with van der Waals surface area (Å²) in [6, 6.07) is 15.8. The number of imide groups is 1. The lowest BCUT2D eigenvalue weighted by molar-refractivity contribution is -0.384. The van der Waals surface area contributed by atoms with Crippen LogP contribution in [0.15, 0.2) is 65.6 Å². The van der Waals surface area contributed by atoms with Crippen LogP contribution in [0.2, 0.25) is 0 Å². The first-order chi connectivity index (χ1) is 20.0. The number of thioether (sulfide) groups is 1. The van der Waals surface area contributed by atoms with E-state index in [1.165, 1.54) is 43.5 Å². The van der Waals surface area contributed by atoms with Gasteiger partial charge in [-0.25, -0.2) is 0 Å². The Morgan fingerprint density at radius 3 is 2.38 bits per heavy atom. The average molecular weight is 591 g/mol. The molecule has 1 aliphatic heterocycles. The van der Waals surface area contributed by atoms with Crippen LogP contribution in [0, 0.1) is 24.0 Å². The van der Waals surface area contributed by atoms with Crippen molar-refractivity contribution in [2.45, 2.75) is 13.8 Å². The molecule has 3 aromatic carbocycles. The van der Waals surface area contributed by atoms with Crippen LogP contribution >= 0.6 is 11.8 Å². The van der Waals surface area contributed by atoms with Crippen molar-refractivity contribution in [3.63, 3.8) is 0 Å². The molecule has 216 valence electrons. The Kier molecular flexibility index (Phi) is 9.22. The average Bonchev–Trinajstić information content (AvgIpc) is 3.21. The molecule has 0 atom stereocenters. The molecule has 2 N–H and O–H groups in total. The van der Waals surface area contributed by atoms with E-state index >= 15 is 0 Å². The number of nitrogens with zero attached hydrogens (tertiary/aromatic N) is 2. The Morgan fingerprint density at radius 1 is 0.976 bits per heavy atom. The minimum Gasteiger partial charge on any atom is -0.493 e. The minimum absolute atomic E-state index is 0.131. The number of carbonyl (C=O) groups excluding carboxylic acids is 4. The van der Waals surface area contributed by atoms with Crippen LogP contribution in [0.5, 0.6) is 11.5 Å². The maximum Gasteiger partial charge on any atom is 0.294 e. The highest BCUT2D eigenvalue weighted by Crippen LogP contribution is 2.34. The number of rotatable bonds is 10. The molecule has 0 radical (unpaired) electrons. The van der Waals surface area contributed by atoms with Gasteiger partial charge in [0, 0.05) is 23.5 Å². The zero-order valence-corrected chi connectivity index (χ0v) is 23.7. The number of amides is 4. The van der Waals surface area contributed by atoms with E-state index in [-0.39, 0.29) is 27.8 Å². The number of nitro groups is 1. The fraction of sp³-hybridized carbons (Fsp3) is 0.172. The lowest BCUT2D eigenvalue weighted by Crippen LogP contribution is -2.36. The van der Waals surface area contributed by atoms with Crippen LogP contribution in [0.25, 0.3) is 6.08 Å². The molecule has 0 unspecified atom stereocenters. The number of aryl methyl sites for hydroxylation is 2. The van der Waals surface area contributed by atoms with E-state index in [9.17, 15) is 29.3 Å². The van der Waals surface area contributed by atoms with E-state index in [2.05, 4.69) is 10.6 Å². The third-order valence-electron chi connectivity index (χ3n) is 6.11. The van der Waals surface area contributed by atoms with E-state index in [0.717, 1.165) is 27.8 Å². The SMILES string of the molecule is COc1cc(/C=C2\SC(=O)N(CC(=O)Nc3c(C)cccc3C)C2=O)ccc1OCC(=O)Nc1cccc([N+](=O)[O-])c1. The Labute approximate surface area is 244 Å². The number of nitro benzene ring substituents is 1. The van der Waals surface area contributed by atoms with Crippen LogP contribution in [-0.4, -0.2) is 53.0 Å². The largest absolute Gasteiger partial charge is 0.493 e. The number of carbonyl (C=O) groups is 4. The summed E-state index contributed by atoms with van der Waals surface area (Å²) in [6.07, 6.45) is 1.50. The predicted octanol–water partition coefficient (Wildman–Crippen LogP) is 4.91. The summed E-state index contributed by atoms with van der Waals surface area (Å²) in [6.45, 7) is 2.88. The van der Waals surface area contributed by atoms with Crippen LogP contribution in [0.3, 0.4) is 0 Å². The maximum absolute atomic E-state index is 12.9. The van der Waals surface area contributed by atoms with Gasteiger partial charge in [0.15, 0.2) is 18.1 Å². The van der Waals surface area contributed by atoms with E-state index in [0.29, 0.717) is 11.3 Å². The third kappa shape index (κ3) is 7.12. The summed E-state index contributed by atoms with van der Waals surface area (Å²) in [5, 5.41) is 15.7. The standard InChI is InChI=1S/C29H26N4O8S/c1-17-6-4-7-18(2)27(17)31-25(34)15-32-28(36)24(42-29(32)37)13-19-10-11-22(23(12-19)40-3)41-16-26(35)30-20-8-5-9-21(14-20)33(38)39/h4-14H,15-16H2,1-3H3,(H,30,35)(H,31,34)/b24-13-. The van der Waals surface area contributed by atoms with Crippen molar-refractivity contribution >= 4 is 57.9 Å². The fourth-order valence-electron chi connectivity index (χ4n) is 4.05. The smallest absolute Gasteiger partial charge is 0.294 e. The first kappa shape index (κ1) is 29.8. The van der Waals surface area contributed by atoms with Crippen LogP contribution in [-0.2, 0) is 14.4 Å². The van der Waals surface area contributed by atoms with Crippen molar-refractivity contribution in [2.24, 2.45) is 0 Å². The molecule has 4 rings (SSSR count). The number of anilines is 2. The first-order valence-corrected chi connectivity index (χ1v) is 13.3. The van der Waals surface area contributed by atoms with Crippen molar-refractivity contribution < 1.29 is 33.6 Å². The third-order valence-corrected chi connectivity index (χ3v) is 7.01. The van der Waals surface area contributed by atoms with Crippen molar-refractivity contribution in [1.82, 2.24) is 4.90 Å². The zero-order chi connectivity index (χ0) is 30.4. The van der Waals surface area contributed by atoms with Crippen molar-refractivity contribution in [3.05, 3.63) is 92.4 Å². The topological polar surface area (TPSA) is 157 Å². The van der Waals surface area contributed by atoms with Gasteiger partial charge in [-0.05, 0) is 66.6 Å². The summed E-state index contributed by atoms with van der Waals surface area (Å²) >= 11 is 0.718. The van der Waals surface area contributed by atoms with Gasteiger partial charge in [0.1, 0.15) is 6.54 Å². The summed E-state index contributed by atoms with van der Waals surface area (Å²) in [5.74, 6) is -1.14. The molecule has 0 spiro atoms. The van der Waals surface area contributed by atoms with Gasteiger partial charge in [-0.2, -0.15) is 0 Å². The quantitative estimate of drug-likeness (QED) is 0.190. The molecule has 1 heterocycles. The molecular formula is C29H26N4O8S. The molecule has 0 bridgehead atoms. The van der Waals surface area contributed by atoms with Crippen molar-refractivity contribution in [2.75, 3.05) is 30.9 Å². The first-order valence-electron chi connectivity index (χ1n) is 12.5. The van der Waals surface area contributed by atoms with Gasteiger partial charge in [0.25, 0.3) is 22.7 Å².